The van der Waals surface area contributed by atoms with Crippen LogP contribution in [-0.4, -0.2) is 102 Å². The quantitative estimate of drug-likeness (QED) is 0.180. The summed E-state index contributed by atoms with van der Waals surface area (Å²) in [4.78, 5) is 57.7. The third kappa shape index (κ3) is 10.7. The molecule has 1 saturated carbocycles. The van der Waals surface area contributed by atoms with Crippen LogP contribution in [0.1, 0.15) is 131 Å². The lowest BCUT2D eigenvalue weighted by molar-refractivity contribution is -0.302. The first-order chi connectivity index (χ1) is 25.6. The van der Waals surface area contributed by atoms with Crippen LogP contribution < -0.4 is 0 Å². The smallest absolute Gasteiger partial charge is 0.329 e. The Morgan fingerprint density at radius 1 is 0.963 bits per heavy atom. The number of ketones is 2. The van der Waals surface area contributed by atoms with Gasteiger partial charge in [-0.3, -0.25) is 14.4 Å². The van der Waals surface area contributed by atoms with Crippen molar-refractivity contribution in [2.45, 2.75) is 174 Å². The van der Waals surface area contributed by atoms with Crippen molar-refractivity contribution in [2.75, 3.05) is 20.8 Å². The lowest BCUT2D eigenvalue weighted by atomic mass is 9.82. The second-order valence-electron chi connectivity index (χ2n) is 17.0. The molecule has 3 heterocycles. The van der Waals surface area contributed by atoms with Gasteiger partial charge in [-0.05, 0) is 89.0 Å². The first-order valence-corrected chi connectivity index (χ1v) is 20.7. The number of cyclic esters (lactones) is 1. The van der Waals surface area contributed by atoms with Gasteiger partial charge in [-0.2, -0.15) is 0 Å². The van der Waals surface area contributed by atoms with Crippen molar-refractivity contribution in [3.8, 4) is 0 Å². The molecule has 11 unspecified atom stereocenters. The number of hydrogen-bond acceptors (Lipinski definition) is 10. The summed E-state index contributed by atoms with van der Waals surface area (Å²) >= 11 is 0. The minimum Gasteiger partial charge on any atom is -0.456 e. The second-order valence-corrected chi connectivity index (χ2v) is 17.0. The van der Waals surface area contributed by atoms with Gasteiger partial charge in [0, 0.05) is 44.9 Å². The molecule has 0 spiro atoms. The Morgan fingerprint density at radius 3 is 2.26 bits per heavy atom. The Labute approximate surface area is 323 Å². The molecule has 54 heavy (non-hydrogen) atoms. The van der Waals surface area contributed by atoms with Crippen molar-refractivity contribution in [1.29, 1.82) is 0 Å². The SMILES string of the molecule is CCCC1C=C(C)CC(C)CC(OC)C2OC(O)(C(=O)C(=O)N3CCCCC3C(=O)OC(C(C)=CC3CCCCC3)C(C)C(O)CC1=O)C(C)CC2OC. The van der Waals surface area contributed by atoms with E-state index in [1.807, 2.05) is 33.8 Å². The summed E-state index contributed by atoms with van der Waals surface area (Å²) in [5.74, 6) is -6.74. The third-order valence-electron chi connectivity index (χ3n) is 12.6. The zero-order valence-corrected chi connectivity index (χ0v) is 34.2. The van der Waals surface area contributed by atoms with Gasteiger partial charge in [0.2, 0.25) is 5.79 Å². The van der Waals surface area contributed by atoms with Gasteiger partial charge in [-0.1, -0.05) is 71.1 Å². The molecule has 11 atom stereocenters. The fourth-order valence-corrected chi connectivity index (χ4v) is 9.35. The van der Waals surface area contributed by atoms with E-state index in [9.17, 15) is 29.4 Å². The number of carbonyl (C=O) groups is 4. The highest BCUT2D eigenvalue weighted by Gasteiger charge is 2.56. The molecule has 1 amide bonds. The Hall–Kier alpha value is -2.44. The monoisotopic (exact) mass is 759 g/mol. The van der Waals surface area contributed by atoms with E-state index in [0.717, 1.165) is 43.3 Å². The van der Waals surface area contributed by atoms with E-state index in [2.05, 4.69) is 13.0 Å². The van der Waals surface area contributed by atoms with E-state index in [-0.39, 0.29) is 43.4 Å². The molecule has 0 aromatic heterocycles. The van der Waals surface area contributed by atoms with Gasteiger partial charge in [0.15, 0.2) is 0 Å². The predicted molar refractivity (Wildman–Crippen MR) is 205 cm³/mol. The number of aliphatic hydroxyl groups is 2. The van der Waals surface area contributed by atoms with Gasteiger partial charge < -0.3 is 34.1 Å². The maximum atomic E-state index is 14.2. The van der Waals surface area contributed by atoms with E-state index >= 15 is 0 Å². The molecule has 0 aromatic carbocycles. The van der Waals surface area contributed by atoms with E-state index in [1.54, 1.807) is 21.1 Å². The Kier molecular flexibility index (Phi) is 16.5. The van der Waals surface area contributed by atoms with Crippen molar-refractivity contribution in [3.63, 3.8) is 0 Å². The van der Waals surface area contributed by atoms with Crippen LogP contribution in [0.5, 0.6) is 0 Å². The number of nitrogens with zero attached hydrogens (tertiary/aromatic N) is 1. The molecule has 306 valence electrons. The van der Waals surface area contributed by atoms with E-state index in [0.29, 0.717) is 38.0 Å². The van der Waals surface area contributed by atoms with Gasteiger partial charge in [-0.25, -0.2) is 4.79 Å². The molecule has 3 aliphatic heterocycles. The number of carbonyl (C=O) groups excluding carboxylic acids is 4. The van der Waals surface area contributed by atoms with E-state index in [4.69, 9.17) is 18.9 Å². The molecule has 1 aliphatic carbocycles. The lowest BCUT2D eigenvalue weighted by Crippen LogP contribution is -2.64. The minimum atomic E-state index is -2.47. The normalized spacial score (nSPS) is 37.9. The van der Waals surface area contributed by atoms with Crippen LogP contribution >= 0.6 is 0 Å². The largest absolute Gasteiger partial charge is 0.456 e. The summed E-state index contributed by atoms with van der Waals surface area (Å²) in [6.45, 7) is 11.6. The van der Waals surface area contributed by atoms with Crippen molar-refractivity contribution in [3.05, 3.63) is 23.3 Å². The van der Waals surface area contributed by atoms with Gasteiger partial charge in [-0.15, -0.1) is 0 Å². The zero-order chi connectivity index (χ0) is 39.7. The van der Waals surface area contributed by atoms with E-state index in [1.165, 1.54) is 11.3 Å². The molecule has 4 rings (SSSR count). The molecule has 4 aliphatic rings. The molecule has 0 aromatic rings. The molecular formula is C43H69NO10. The number of allylic oxidation sites excluding steroid dienone is 3. The maximum Gasteiger partial charge on any atom is 0.329 e. The van der Waals surface area contributed by atoms with Crippen LogP contribution in [0.3, 0.4) is 0 Å². The van der Waals surface area contributed by atoms with Crippen LogP contribution in [0.25, 0.3) is 0 Å². The maximum absolute atomic E-state index is 14.2. The summed E-state index contributed by atoms with van der Waals surface area (Å²) in [5, 5.41) is 23.7. The fraction of sp³-hybridized carbons (Fsp3) is 0.814. The van der Waals surface area contributed by atoms with Crippen LogP contribution in [0.15, 0.2) is 23.3 Å². The molecule has 11 heteroatoms. The minimum absolute atomic E-state index is 0.0580. The summed E-state index contributed by atoms with van der Waals surface area (Å²) in [7, 11) is 3.10. The predicted octanol–water partition coefficient (Wildman–Crippen LogP) is 6.27. The standard InChI is InChI=1S/C43H69NO10/c1-9-15-32-21-26(2)20-27(3)22-36(51-7)39-37(52-8)24-29(5)43(50,54-39)40(47)41(48)44-19-14-13-18-33(44)42(49)53-38(30(6)34(45)25-35(32)46)28(4)23-31-16-11-10-12-17-31/h21,23,27,29-34,36-39,45,50H,9-20,22,24-25H2,1-8H3. The van der Waals surface area contributed by atoms with Crippen LogP contribution in [0.4, 0.5) is 0 Å². The number of fused-ring (bicyclic) bond motifs is 3. The highest BCUT2D eigenvalue weighted by Crippen LogP contribution is 2.39. The number of piperidine rings is 1. The molecule has 3 fully saturated rings. The highest BCUT2D eigenvalue weighted by atomic mass is 16.7. The average molecular weight is 760 g/mol. The molecule has 0 radical (unpaired) electrons. The fourth-order valence-electron chi connectivity index (χ4n) is 9.35. The van der Waals surface area contributed by atoms with Crippen molar-refractivity contribution >= 4 is 23.4 Å². The number of aliphatic hydroxyl groups excluding tert-OH is 1. The number of methoxy groups -OCH3 is 2. The molecule has 2 saturated heterocycles. The summed E-state index contributed by atoms with van der Waals surface area (Å²) < 4.78 is 24.3. The second kappa shape index (κ2) is 20.1. The number of hydrogen-bond donors (Lipinski definition) is 2. The van der Waals surface area contributed by atoms with Gasteiger partial charge in [0.1, 0.15) is 24.0 Å². The molecule has 2 N–H and O–H groups in total. The lowest BCUT2D eigenvalue weighted by Gasteiger charge is -2.47. The summed E-state index contributed by atoms with van der Waals surface area (Å²) in [6, 6.07) is -1.07. The Balaban J connectivity index is 1.77. The number of ether oxygens (including phenoxy) is 4. The van der Waals surface area contributed by atoms with Gasteiger partial charge in [0.25, 0.3) is 11.7 Å². The Bertz CT molecular complexity index is 1360. The number of Topliss-reactive ketones (excluding diaryl/α,β-unsaturated/α-hetero) is 2. The average Bonchev–Trinajstić information content (AvgIpc) is 3.15. The van der Waals surface area contributed by atoms with Crippen molar-refractivity contribution in [1.82, 2.24) is 4.90 Å². The Morgan fingerprint density at radius 2 is 1.61 bits per heavy atom. The number of amides is 1. The van der Waals surface area contributed by atoms with Crippen LogP contribution in [0.2, 0.25) is 0 Å². The zero-order valence-electron chi connectivity index (χ0n) is 34.2. The van der Waals surface area contributed by atoms with Crippen LogP contribution in [-0.2, 0) is 38.1 Å². The molecular weight excluding hydrogens is 690 g/mol. The van der Waals surface area contributed by atoms with Gasteiger partial charge >= 0.3 is 5.97 Å². The highest BCUT2D eigenvalue weighted by molar-refractivity contribution is 6.39. The van der Waals surface area contributed by atoms with Crippen molar-refractivity contribution in [2.24, 2.45) is 29.6 Å². The van der Waals surface area contributed by atoms with Crippen molar-refractivity contribution < 1.29 is 48.3 Å². The van der Waals surface area contributed by atoms with Gasteiger partial charge in [0.05, 0.1) is 18.3 Å². The summed E-state index contributed by atoms with van der Waals surface area (Å²) in [5.41, 5.74) is 1.84. The topological polar surface area (TPSA) is 149 Å². The first-order valence-electron chi connectivity index (χ1n) is 20.7. The third-order valence-corrected chi connectivity index (χ3v) is 12.6. The number of rotatable bonds is 6. The van der Waals surface area contributed by atoms with Crippen LogP contribution in [0, 0.1) is 29.6 Å². The molecule has 2 bridgehead atoms. The summed E-state index contributed by atoms with van der Waals surface area (Å²) in [6.07, 6.45) is 10.0. The van der Waals surface area contributed by atoms with E-state index < -0.39 is 71.8 Å². The first kappa shape index (κ1) is 44.3. The number of esters is 1. The molecule has 11 nitrogen and oxygen atoms in total.